The summed E-state index contributed by atoms with van der Waals surface area (Å²) in [5.41, 5.74) is 4.21. The van der Waals surface area contributed by atoms with Crippen LogP contribution >= 0.6 is 35.1 Å². The molecule has 6 atom stereocenters. The van der Waals surface area contributed by atoms with Gasteiger partial charge >= 0.3 is 29.2 Å². The fourth-order valence-corrected chi connectivity index (χ4v) is 5.84. The van der Waals surface area contributed by atoms with Crippen LogP contribution in [0.4, 0.5) is 10.3 Å². The van der Waals surface area contributed by atoms with Gasteiger partial charge in [0.05, 0.1) is 6.61 Å². The summed E-state index contributed by atoms with van der Waals surface area (Å²) in [6, 6.07) is 0. The lowest BCUT2D eigenvalue weighted by Crippen LogP contribution is -2.43. The maximum absolute atomic E-state index is 12.6. The molecule has 1 saturated heterocycles. The lowest BCUT2D eigenvalue weighted by Gasteiger charge is -2.25. The fourth-order valence-electron chi connectivity index (χ4n) is 2.45. The third-order valence-corrected chi connectivity index (χ3v) is 7.92. The van der Waals surface area contributed by atoms with Gasteiger partial charge in [-0.1, -0.05) is 23.4 Å². The number of phosphoric ester groups is 1. The number of hydrogen-bond acceptors (Lipinski definition) is 12. The van der Waals surface area contributed by atoms with Crippen molar-refractivity contribution in [1.29, 1.82) is 0 Å². The summed E-state index contributed by atoms with van der Waals surface area (Å²) >= 11 is 6.26. The van der Waals surface area contributed by atoms with Crippen molar-refractivity contribution in [1.82, 2.24) is 14.5 Å². The molecule has 33 heavy (non-hydrogen) atoms. The minimum atomic E-state index is -5.79. The van der Waals surface area contributed by atoms with Gasteiger partial charge < -0.3 is 35.2 Å². The number of anilines is 1. The van der Waals surface area contributed by atoms with Gasteiger partial charge in [0.25, 0.3) is 0 Å². The van der Waals surface area contributed by atoms with E-state index in [1.54, 1.807) is 0 Å². The van der Waals surface area contributed by atoms with Crippen molar-refractivity contribution in [2.75, 3.05) is 19.0 Å². The summed E-state index contributed by atoms with van der Waals surface area (Å²) in [4.78, 5) is 52.4. The van der Waals surface area contributed by atoms with Crippen LogP contribution in [0.2, 0.25) is 0 Å². The standard InChI is InChI=1S/C11H15ClFN4O13P3/c12-11(2-1-3-13)7(18)6(28-8(11)17-5-15-9(14)16-10(17)19)4-27-32(23,24)30-33(25,26)29-31(20,21)22/h5-8,18H,3-4H2,(H,23,24)(H,25,26)(H2,14,16,19)(H2,20,21,22)/t6-,7+,8-,11?/m1/s1. The second-order valence-corrected chi connectivity index (χ2v) is 11.0. The molecule has 22 heteroatoms. The zero-order valence-corrected chi connectivity index (χ0v) is 19.2. The highest BCUT2D eigenvalue weighted by Gasteiger charge is 2.57. The van der Waals surface area contributed by atoms with E-state index in [-0.39, 0.29) is 0 Å². The van der Waals surface area contributed by atoms with Crippen molar-refractivity contribution in [3.05, 3.63) is 16.8 Å². The largest absolute Gasteiger partial charge is 0.490 e. The lowest BCUT2D eigenvalue weighted by molar-refractivity contribution is -0.0458. The van der Waals surface area contributed by atoms with E-state index in [9.17, 15) is 32.9 Å². The minimum Gasteiger partial charge on any atom is -0.387 e. The number of hydrogen-bond donors (Lipinski definition) is 6. The molecule has 0 bridgehead atoms. The van der Waals surface area contributed by atoms with Crippen LogP contribution in [0.3, 0.4) is 0 Å². The maximum atomic E-state index is 12.6. The Bertz CT molecular complexity index is 1150. The van der Waals surface area contributed by atoms with Gasteiger partial charge in [0.1, 0.15) is 25.2 Å². The van der Waals surface area contributed by atoms with E-state index in [1.165, 1.54) is 0 Å². The molecule has 0 aliphatic carbocycles. The number of alkyl halides is 2. The average Bonchev–Trinajstić information content (AvgIpc) is 2.87. The zero-order valence-electron chi connectivity index (χ0n) is 15.7. The number of nitrogens with two attached hydrogens (primary N) is 1. The first-order chi connectivity index (χ1) is 15.0. The Morgan fingerprint density at radius 2 is 1.91 bits per heavy atom. The van der Waals surface area contributed by atoms with Crippen LogP contribution in [0.15, 0.2) is 11.1 Å². The molecule has 0 amide bonds. The summed E-state index contributed by atoms with van der Waals surface area (Å²) in [5.74, 6) is 3.66. The molecule has 0 aromatic carbocycles. The highest BCUT2D eigenvalue weighted by Crippen LogP contribution is 2.66. The van der Waals surface area contributed by atoms with Crippen molar-refractivity contribution in [3.8, 4) is 11.8 Å². The minimum absolute atomic E-state index is 0.422. The monoisotopic (exact) mass is 558 g/mol. The molecule has 2 heterocycles. The predicted molar refractivity (Wildman–Crippen MR) is 103 cm³/mol. The van der Waals surface area contributed by atoms with E-state index in [0.717, 1.165) is 6.33 Å². The van der Waals surface area contributed by atoms with Crippen LogP contribution in [-0.4, -0.2) is 69.6 Å². The zero-order chi connectivity index (χ0) is 25.2. The van der Waals surface area contributed by atoms with E-state index in [0.29, 0.717) is 4.57 Å². The number of ether oxygens (including phenoxy) is 1. The second-order valence-electron chi connectivity index (χ2n) is 5.97. The molecule has 1 fully saturated rings. The summed E-state index contributed by atoms with van der Waals surface area (Å²) in [7, 11) is -17.0. The summed E-state index contributed by atoms with van der Waals surface area (Å²) in [6.45, 7) is -2.34. The number of nitrogen functional groups attached to an aromatic ring is 1. The fraction of sp³-hybridized carbons (Fsp3) is 0.545. The van der Waals surface area contributed by atoms with Crippen LogP contribution in [0.1, 0.15) is 6.23 Å². The third kappa shape index (κ3) is 7.35. The molecule has 17 nitrogen and oxygen atoms in total. The third-order valence-electron chi connectivity index (χ3n) is 3.61. The van der Waals surface area contributed by atoms with E-state index >= 15 is 0 Å². The van der Waals surface area contributed by atoms with E-state index in [2.05, 4.69) is 29.0 Å². The first-order valence-electron chi connectivity index (χ1n) is 8.07. The quantitative estimate of drug-likeness (QED) is 0.124. The van der Waals surface area contributed by atoms with Gasteiger partial charge in [-0.2, -0.15) is 13.6 Å². The normalized spacial score (nSPS) is 29.0. The molecule has 7 N–H and O–H groups in total. The van der Waals surface area contributed by atoms with E-state index < -0.39 is 71.7 Å². The molecule has 0 radical (unpaired) electrons. The van der Waals surface area contributed by atoms with Crippen molar-refractivity contribution < 1.29 is 60.6 Å². The first kappa shape index (κ1) is 28.0. The van der Waals surface area contributed by atoms with Gasteiger partial charge in [-0.05, 0) is 0 Å². The predicted octanol–water partition coefficient (Wildman–Crippen LogP) is -1.23. The van der Waals surface area contributed by atoms with Crippen molar-refractivity contribution in [2.24, 2.45) is 0 Å². The summed E-state index contributed by atoms with van der Waals surface area (Å²) in [6.07, 6.45) is -4.53. The molecule has 1 aromatic heterocycles. The molecule has 0 saturated carbocycles. The number of halogens is 2. The van der Waals surface area contributed by atoms with Crippen molar-refractivity contribution >= 4 is 41.0 Å². The number of phosphoric acid groups is 3. The lowest BCUT2D eigenvalue weighted by atomic mass is 9.99. The highest BCUT2D eigenvalue weighted by atomic mass is 35.5. The van der Waals surface area contributed by atoms with Gasteiger partial charge in [0.15, 0.2) is 11.1 Å². The van der Waals surface area contributed by atoms with E-state index in [4.69, 9.17) is 36.8 Å². The molecule has 1 aliphatic heterocycles. The SMILES string of the molecule is Nc1ncn([C@@H]2O[C@H](COP(=O)(O)OP(=O)(O)OP(=O)(O)O)[C@H](O)C2(Cl)C#CCF)c(=O)n1. The Kier molecular flexibility index (Phi) is 8.59. The van der Waals surface area contributed by atoms with Crippen LogP contribution in [0, 0.1) is 11.8 Å². The molecule has 3 unspecified atom stereocenters. The Labute approximate surface area is 187 Å². The van der Waals surface area contributed by atoms with Gasteiger partial charge in [-0.15, -0.1) is 0 Å². The number of aliphatic hydroxyl groups excluding tert-OH is 1. The van der Waals surface area contributed by atoms with E-state index in [1.807, 2.05) is 5.92 Å². The number of nitrogens with zero attached hydrogens (tertiary/aromatic N) is 3. The van der Waals surface area contributed by atoms with Crippen LogP contribution in [0.5, 0.6) is 0 Å². The second kappa shape index (κ2) is 10.1. The summed E-state index contributed by atoms with van der Waals surface area (Å²) in [5, 5.41) is 10.5. The number of aliphatic hydroxyl groups is 1. The molecule has 0 spiro atoms. The Morgan fingerprint density at radius 3 is 2.45 bits per heavy atom. The topological polar surface area (TPSA) is 263 Å². The molecular weight excluding hydrogens is 544 g/mol. The van der Waals surface area contributed by atoms with Gasteiger partial charge in [0.2, 0.25) is 5.95 Å². The number of aromatic nitrogens is 3. The Morgan fingerprint density at radius 1 is 1.27 bits per heavy atom. The van der Waals surface area contributed by atoms with Gasteiger partial charge in [-0.3, -0.25) is 9.09 Å². The Balaban J connectivity index is 2.26. The first-order valence-corrected chi connectivity index (χ1v) is 13.0. The highest BCUT2D eigenvalue weighted by molar-refractivity contribution is 7.66. The smallest absolute Gasteiger partial charge is 0.387 e. The molecule has 2 rings (SSSR count). The molecule has 1 aliphatic rings. The molecular formula is C11H15ClFN4O13P3. The number of rotatable bonds is 8. The van der Waals surface area contributed by atoms with Crippen LogP contribution in [-0.2, 0) is 31.6 Å². The Hall–Kier alpha value is -1.28. The van der Waals surface area contributed by atoms with Crippen molar-refractivity contribution in [2.45, 2.75) is 23.3 Å². The van der Waals surface area contributed by atoms with Crippen LogP contribution < -0.4 is 11.4 Å². The average molecular weight is 559 g/mol. The van der Waals surface area contributed by atoms with Gasteiger partial charge in [-0.25, -0.2) is 27.9 Å². The molecule has 1 aromatic rings. The van der Waals surface area contributed by atoms with Crippen molar-refractivity contribution in [3.63, 3.8) is 0 Å². The maximum Gasteiger partial charge on any atom is 0.490 e. The van der Waals surface area contributed by atoms with Gasteiger partial charge in [0, 0.05) is 0 Å². The van der Waals surface area contributed by atoms with Crippen LogP contribution in [0.25, 0.3) is 0 Å². The molecule has 186 valence electrons. The summed E-state index contributed by atoms with van der Waals surface area (Å²) < 4.78 is 63.9.